The average Bonchev–Trinajstić information content (AvgIpc) is 2.53. The predicted octanol–water partition coefficient (Wildman–Crippen LogP) is 1.92. The SMILES string of the molecule is CCC1CC=C(NCCC=O)S1. The summed E-state index contributed by atoms with van der Waals surface area (Å²) in [5, 5.41) is 5.25. The average molecular weight is 185 g/mol. The molecule has 0 saturated carbocycles. The second-order valence-electron chi connectivity index (χ2n) is 2.83. The Morgan fingerprint density at radius 3 is 3.25 bits per heavy atom. The second kappa shape index (κ2) is 5.25. The van der Waals surface area contributed by atoms with Gasteiger partial charge in [0.25, 0.3) is 0 Å². The number of hydrogen-bond donors (Lipinski definition) is 1. The summed E-state index contributed by atoms with van der Waals surface area (Å²) in [6, 6.07) is 0. The minimum atomic E-state index is 0.606. The molecule has 0 aliphatic carbocycles. The summed E-state index contributed by atoms with van der Waals surface area (Å²) in [4.78, 5) is 10.0. The van der Waals surface area contributed by atoms with Gasteiger partial charge in [-0.3, -0.25) is 0 Å². The minimum Gasteiger partial charge on any atom is -0.380 e. The topological polar surface area (TPSA) is 29.1 Å². The van der Waals surface area contributed by atoms with E-state index in [1.165, 1.54) is 17.9 Å². The van der Waals surface area contributed by atoms with Crippen LogP contribution in [-0.4, -0.2) is 18.1 Å². The molecule has 0 fully saturated rings. The van der Waals surface area contributed by atoms with Gasteiger partial charge in [-0.1, -0.05) is 13.0 Å². The van der Waals surface area contributed by atoms with Crippen molar-refractivity contribution in [2.75, 3.05) is 6.54 Å². The Morgan fingerprint density at radius 2 is 2.67 bits per heavy atom. The van der Waals surface area contributed by atoms with Crippen molar-refractivity contribution in [3.63, 3.8) is 0 Å². The summed E-state index contributed by atoms with van der Waals surface area (Å²) >= 11 is 1.90. The second-order valence-corrected chi connectivity index (χ2v) is 4.18. The maximum absolute atomic E-state index is 10.0. The van der Waals surface area contributed by atoms with Gasteiger partial charge in [0.05, 0.1) is 5.03 Å². The largest absolute Gasteiger partial charge is 0.380 e. The number of aldehydes is 1. The first kappa shape index (κ1) is 9.65. The highest BCUT2D eigenvalue weighted by Crippen LogP contribution is 2.31. The quantitative estimate of drug-likeness (QED) is 0.524. The number of hydrogen-bond acceptors (Lipinski definition) is 3. The Hall–Kier alpha value is -0.440. The molecule has 1 heterocycles. The van der Waals surface area contributed by atoms with Gasteiger partial charge in [-0.2, -0.15) is 0 Å². The number of carbonyl (C=O) groups is 1. The van der Waals surface area contributed by atoms with Crippen LogP contribution in [0.5, 0.6) is 0 Å². The predicted molar refractivity (Wildman–Crippen MR) is 53.1 cm³/mol. The van der Waals surface area contributed by atoms with Gasteiger partial charge in [0.2, 0.25) is 0 Å². The molecule has 1 aliphatic rings. The van der Waals surface area contributed by atoms with Gasteiger partial charge in [-0.15, -0.1) is 11.8 Å². The Bertz CT molecular complexity index is 179. The van der Waals surface area contributed by atoms with Crippen molar-refractivity contribution in [2.45, 2.75) is 31.4 Å². The molecule has 1 aliphatic heterocycles. The first-order valence-electron chi connectivity index (χ1n) is 4.41. The van der Waals surface area contributed by atoms with Crippen molar-refractivity contribution in [3.8, 4) is 0 Å². The fraction of sp³-hybridized carbons (Fsp3) is 0.667. The summed E-state index contributed by atoms with van der Waals surface area (Å²) in [5.41, 5.74) is 0. The van der Waals surface area contributed by atoms with Crippen LogP contribution in [0.3, 0.4) is 0 Å². The number of carbonyl (C=O) groups excluding carboxylic acids is 1. The molecule has 0 aromatic carbocycles. The number of thioether (sulfide) groups is 1. The lowest BCUT2D eigenvalue weighted by molar-refractivity contribution is -0.107. The highest BCUT2D eigenvalue weighted by molar-refractivity contribution is 8.03. The molecule has 0 amide bonds. The van der Waals surface area contributed by atoms with Gasteiger partial charge >= 0.3 is 0 Å². The maximum atomic E-state index is 10.0. The van der Waals surface area contributed by atoms with Crippen LogP contribution in [-0.2, 0) is 4.79 Å². The minimum absolute atomic E-state index is 0.606. The summed E-state index contributed by atoms with van der Waals surface area (Å²) in [7, 11) is 0. The zero-order chi connectivity index (χ0) is 8.81. The molecule has 1 atom stereocenters. The van der Waals surface area contributed by atoms with Gasteiger partial charge in [0.15, 0.2) is 0 Å². The van der Waals surface area contributed by atoms with Gasteiger partial charge in [0, 0.05) is 18.2 Å². The molecule has 3 heteroatoms. The lowest BCUT2D eigenvalue weighted by atomic mass is 10.2. The molecule has 1 N–H and O–H groups in total. The van der Waals surface area contributed by atoms with E-state index in [9.17, 15) is 4.79 Å². The van der Waals surface area contributed by atoms with Crippen LogP contribution >= 0.6 is 11.8 Å². The van der Waals surface area contributed by atoms with E-state index in [4.69, 9.17) is 0 Å². The Morgan fingerprint density at radius 1 is 1.83 bits per heavy atom. The molecular weight excluding hydrogens is 170 g/mol. The standard InChI is InChI=1S/C9H15NOS/c1-2-8-4-5-9(12-8)10-6-3-7-11/h5,7-8,10H,2-4,6H2,1H3. The molecule has 1 rings (SSSR count). The molecular formula is C9H15NOS. The van der Waals surface area contributed by atoms with E-state index in [-0.39, 0.29) is 0 Å². The van der Waals surface area contributed by atoms with Crippen LogP contribution in [0.1, 0.15) is 26.2 Å². The Kier molecular flexibility index (Phi) is 4.22. The molecule has 0 bridgehead atoms. The summed E-state index contributed by atoms with van der Waals surface area (Å²) in [6.07, 6.45) is 6.17. The third-order valence-electron chi connectivity index (χ3n) is 1.88. The van der Waals surface area contributed by atoms with Crippen molar-refractivity contribution in [1.82, 2.24) is 5.32 Å². The Labute approximate surface area is 77.8 Å². The first-order chi connectivity index (χ1) is 5.86. The summed E-state index contributed by atoms with van der Waals surface area (Å²) in [6.45, 7) is 2.98. The lowest BCUT2D eigenvalue weighted by Crippen LogP contribution is -2.12. The number of nitrogens with one attached hydrogen (secondary N) is 1. The van der Waals surface area contributed by atoms with Crippen molar-refractivity contribution in [1.29, 1.82) is 0 Å². The van der Waals surface area contributed by atoms with Crippen LogP contribution in [0.25, 0.3) is 0 Å². The van der Waals surface area contributed by atoms with Crippen molar-refractivity contribution >= 4 is 18.0 Å². The van der Waals surface area contributed by atoms with Gasteiger partial charge < -0.3 is 10.1 Å². The zero-order valence-electron chi connectivity index (χ0n) is 7.38. The van der Waals surface area contributed by atoms with Crippen LogP contribution in [0.15, 0.2) is 11.1 Å². The molecule has 68 valence electrons. The van der Waals surface area contributed by atoms with Crippen LogP contribution in [0, 0.1) is 0 Å². The molecule has 2 nitrogen and oxygen atoms in total. The highest BCUT2D eigenvalue weighted by Gasteiger charge is 2.14. The van der Waals surface area contributed by atoms with Crippen molar-refractivity contribution in [2.24, 2.45) is 0 Å². The third kappa shape index (κ3) is 2.89. The van der Waals surface area contributed by atoms with Crippen molar-refractivity contribution in [3.05, 3.63) is 11.1 Å². The van der Waals surface area contributed by atoms with E-state index in [0.717, 1.165) is 18.1 Å². The molecule has 1 unspecified atom stereocenters. The monoisotopic (exact) mass is 185 g/mol. The Balaban J connectivity index is 2.14. The van der Waals surface area contributed by atoms with E-state index in [0.29, 0.717) is 6.42 Å². The smallest absolute Gasteiger partial charge is 0.121 e. The van der Waals surface area contributed by atoms with E-state index < -0.39 is 0 Å². The number of allylic oxidation sites excluding steroid dienone is 1. The fourth-order valence-corrected chi connectivity index (χ4v) is 2.23. The van der Waals surface area contributed by atoms with Crippen LogP contribution in [0.2, 0.25) is 0 Å². The molecule has 12 heavy (non-hydrogen) atoms. The normalized spacial score (nSPS) is 22.1. The molecule has 0 aromatic heterocycles. The molecule has 0 radical (unpaired) electrons. The van der Waals surface area contributed by atoms with Gasteiger partial charge in [-0.25, -0.2) is 0 Å². The van der Waals surface area contributed by atoms with E-state index >= 15 is 0 Å². The fourth-order valence-electron chi connectivity index (χ4n) is 1.13. The van der Waals surface area contributed by atoms with Gasteiger partial charge in [0.1, 0.15) is 6.29 Å². The molecule has 0 spiro atoms. The zero-order valence-corrected chi connectivity index (χ0v) is 8.19. The van der Waals surface area contributed by atoms with Crippen molar-refractivity contribution < 1.29 is 4.79 Å². The summed E-state index contributed by atoms with van der Waals surface area (Å²) < 4.78 is 0. The summed E-state index contributed by atoms with van der Waals surface area (Å²) in [5.74, 6) is 0. The number of rotatable bonds is 5. The molecule has 0 aromatic rings. The van der Waals surface area contributed by atoms with E-state index in [2.05, 4.69) is 18.3 Å². The van der Waals surface area contributed by atoms with Crippen LogP contribution < -0.4 is 5.32 Å². The van der Waals surface area contributed by atoms with Gasteiger partial charge in [-0.05, 0) is 12.8 Å². The molecule has 0 saturated heterocycles. The third-order valence-corrected chi connectivity index (χ3v) is 3.30. The lowest BCUT2D eigenvalue weighted by Gasteiger charge is -2.07. The van der Waals surface area contributed by atoms with Crippen LogP contribution in [0.4, 0.5) is 0 Å². The maximum Gasteiger partial charge on any atom is 0.121 e. The van der Waals surface area contributed by atoms with E-state index in [1.54, 1.807) is 0 Å². The highest BCUT2D eigenvalue weighted by atomic mass is 32.2. The first-order valence-corrected chi connectivity index (χ1v) is 5.29. The van der Waals surface area contributed by atoms with E-state index in [1.807, 2.05) is 11.8 Å².